The zero-order chi connectivity index (χ0) is 17.4. The first-order valence-electron chi connectivity index (χ1n) is 7.54. The van der Waals surface area contributed by atoms with Crippen LogP contribution in [0.3, 0.4) is 0 Å². The van der Waals surface area contributed by atoms with Crippen molar-refractivity contribution in [2.24, 2.45) is 0 Å². The van der Waals surface area contributed by atoms with Gasteiger partial charge in [0, 0.05) is 19.2 Å². The number of aliphatic hydroxyl groups excluding tert-OH is 1. The Balaban J connectivity index is 1.83. The van der Waals surface area contributed by atoms with Gasteiger partial charge in [-0.3, -0.25) is 10.1 Å². The molecule has 24 heavy (non-hydrogen) atoms. The van der Waals surface area contributed by atoms with E-state index in [0.717, 1.165) is 11.3 Å². The average Bonchev–Trinajstić information content (AvgIpc) is 2.61. The number of hydrogen-bond acceptors (Lipinski definition) is 5. The maximum absolute atomic E-state index is 10.9. The summed E-state index contributed by atoms with van der Waals surface area (Å²) >= 11 is 0. The molecule has 2 N–H and O–H groups in total. The Bertz CT molecular complexity index is 698. The molecule has 0 bridgehead atoms. The van der Waals surface area contributed by atoms with Gasteiger partial charge in [0.2, 0.25) is 0 Å². The number of nitro groups is 1. The second-order valence-electron chi connectivity index (χ2n) is 5.17. The van der Waals surface area contributed by atoms with Gasteiger partial charge in [0.15, 0.2) is 0 Å². The number of benzene rings is 2. The topological polar surface area (TPSA) is 84.6 Å². The monoisotopic (exact) mass is 328 g/mol. The van der Waals surface area contributed by atoms with E-state index in [1.54, 1.807) is 49.6 Å². The van der Waals surface area contributed by atoms with Crippen LogP contribution >= 0.6 is 0 Å². The highest BCUT2D eigenvalue weighted by molar-refractivity contribution is 5.60. The summed E-state index contributed by atoms with van der Waals surface area (Å²) in [6, 6.07) is 13.8. The van der Waals surface area contributed by atoms with Gasteiger partial charge in [0.05, 0.1) is 23.7 Å². The molecule has 2 aromatic carbocycles. The van der Waals surface area contributed by atoms with Crippen molar-refractivity contribution in [3.8, 4) is 5.75 Å². The summed E-state index contributed by atoms with van der Waals surface area (Å²) in [4.78, 5) is 10.5. The molecule has 1 unspecified atom stereocenters. The van der Waals surface area contributed by atoms with Crippen molar-refractivity contribution in [1.82, 2.24) is 5.32 Å². The Morgan fingerprint density at radius 1 is 1.25 bits per heavy atom. The number of methoxy groups -OCH3 is 1. The highest BCUT2D eigenvalue weighted by atomic mass is 16.6. The van der Waals surface area contributed by atoms with Gasteiger partial charge in [0.1, 0.15) is 5.75 Å². The molecule has 0 aliphatic heterocycles. The number of hydrogen-bond donors (Lipinski definition) is 2. The molecule has 0 aliphatic rings. The third-order valence-electron chi connectivity index (χ3n) is 3.53. The van der Waals surface area contributed by atoms with Crippen LogP contribution in [0.2, 0.25) is 0 Å². The zero-order valence-electron chi connectivity index (χ0n) is 13.4. The van der Waals surface area contributed by atoms with Crippen LogP contribution in [0.1, 0.15) is 17.2 Å². The molecule has 6 heteroatoms. The van der Waals surface area contributed by atoms with Crippen LogP contribution in [0, 0.1) is 10.1 Å². The lowest BCUT2D eigenvalue weighted by molar-refractivity contribution is -0.385. The molecule has 1 atom stereocenters. The third kappa shape index (κ3) is 4.91. The average molecular weight is 328 g/mol. The first kappa shape index (κ1) is 17.7. The number of nitro benzene ring substituents is 1. The predicted molar refractivity (Wildman–Crippen MR) is 93.0 cm³/mol. The third-order valence-corrected chi connectivity index (χ3v) is 3.53. The molecular formula is C18H20N2O4. The van der Waals surface area contributed by atoms with E-state index in [1.807, 2.05) is 12.1 Å². The van der Waals surface area contributed by atoms with E-state index < -0.39 is 11.0 Å². The molecule has 0 fully saturated rings. The number of nitrogens with one attached hydrogen (secondary N) is 1. The molecule has 0 spiro atoms. The highest BCUT2D eigenvalue weighted by Crippen LogP contribution is 2.19. The minimum absolute atomic E-state index is 0.0759. The Hall–Kier alpha value is -2.70. The van der Waals surface area contributed by atoms with Crippen molar-refractivity contribution >= 4 is 11.8 Å². The normalized spacial score (nSPS) is 12.2. The molecule has 0 radical (unpaired) electrons. The standard InChI is InChI=1S/C18H20N2O4/c1-24-16-10-8-15(9-11-16)18(21)13-19-12-4-6-14-5-2-3-7-17(14)20(22)23/h2-11,18-19,21H,12-13H2,1H3/b6-4+. The van der Waals surface area contributed by atoms with Crippen molar-refractivity contribution < 1.29 is 14.8 Å². The molecule has 0 aliphatic carbocycles. The number of ether oxygens (including phenoxy) is 1. The Kier molecular flexibility index (Phi) is 6.48. The van der Waals surface area contributed by atoms with Gasteiger partial charge in [-0.15, -0.1) is 0 Å². The van der Waals surface area contributed by atoms with Gasteiger partial charge in [-0.1, -0.05) is 36.4 Å². The van der Waals surface area contributed by atoms with Crippen molar-refractivity contribution in [3.63, 3.8) is 0 Å². The molecular weight excluding hydrogens is 308 g/mol. The summed E-state index contributed by atoms with van der Waals surface area (Å²) in [5.41, 5.74) is 1.43. The highest BCUT2D eigenvalue weighted by Gasteiger charge is 2.09. The van der Waals surface area contributed by atoms with Crippen molar-refractivity contribution in [2.75, 3.05) is 20.2 Å². The zero-order valence-corrected chi connectivity index (χ0v) is 13.4. The molecule has 6 nitrogen and oxygen atoms in total. The van der Waals surface area contributed by atoms with Crippen LogP contribution in [0.5, 0.6) is 5.75 Å². The SMILES string of the molecule is COc1ccc(C(O)CNC/C=C/c2ccccc2[N+](=O)[O-])cc1. The van der Waals surface area contributed by atoms with Crippen molar-refractivity contribution in [1.29, 1.82) is 0 Å². The summed E-state index contributed by atoms with van der Waals surface area (Å²) in [5, 5.41) is 24.1. The van der Waals surface area contributed by atoms with E-state index >= 15 is 0 Å². The maximum atomic E-state index is 10.9. The smallest absolute Gasteiger partial charge is 0.276 e. The number of rotatable bonds is 8. The van der Waals surface area contributed by atoms with Gasteiger partial charge < -0.3 is 15.2 Å². The molecule has 0 saturated heterocycles. The molecule has 2 aromatic rings. The van der Waals surface area contributed by atoms with E-state index in [-0.39, 0.29) is 5.69 Å². The minimum Gasteiger partial charge on any atom is -0.497 e. The van der Waals surface area contributed by atoms with Crippen LogP contribution in [0.15, 0.2) is 54.6 Å². The van der Waals surface area contributed by atoms with Gasteiger partial charge in [-0.25, -0.2) is 0 Å². The lowest BCUT2D eigenvalue weighted by Gasteiger charge is -2.11. The summed E-state index contributed by atoms with van der Waals surface area (Å²) in [5.74, 6) is 0.742. The number of nitrogens with zero attached hydrogens (tertiary/aromatic N) is 1. The predicted octanol–water partition coefficient (Wildman–Crippen LogP) is 2.94. The Morgan fingerprint density at radius 2 is 1.96 bits per heavy atom. The molecule has 0 aromatic heterocycles. The maximum Gasteiger partial charge on any atom is 0.276 e. The summed E-state index contributed by atoms with van der Waals surface area (Å²) in [6.07, 6.45) is 2.86. The number of para-hydroxylation sites is 1. The molecule has 0 amide bonds. The molecule has 126 valence electrons. The van der Waals surface area contributed by atoms with E-state index in [1.165, 1.54) is 6.07 Å². The van der Waals surface area contributed by atoms with Gasteiger partial charge in [0.25, 0.3) is 5.69 Å². The molecule has 0 saturated carbocycles. The first-order chi connectivity index (χ1) is 11.6. The van der Waals surface area contributed by atoms with Crippen LogP contribution in [0.25, 0.3) is 6.08 Å². The van der Waals surface area contributed by atoms with Crippen LogP contribution < -0.4 is 10.1 Å². The molecule has 2 rings (SSSR count). The summed E-state index contributed by atoms with van der Waals surface area (Å²) in [7, 11) is 1.59. The van der Waals surface area contributed by atoms with Gasteiger partial charge in [-0.05, 0) is 23.8 Å². The summed E-state index contributed by atoms with van der Waals surface area (Å²) < 4.78 is 5.08. The van der Waals surface area contributed by atoms with Crippen LogP contribution in [-0.2, 0) is 0 Å². The van der Waals surface area contributed by atoms with Crippen LogP contribution in [0.4, 0.5) is 5.69 Å². The first-order valence-corrected chi connectivity index (χ1v) is 7.54. The van der Waals surface area contributed by atoms with Crippen molar-refractivity contribution in [3.05, 3.63) is 75.8 Å². The second-order valence-corrected chi connectivity index (χ2v) is 5.17. The second kappa shape index (κ2) is 8.81. The van der Waals surface area contributed by atoms with Gasteiger partial charge in [-0.2, -0.15) is 0 Å². The van der Waals surface area contributed by atoms with E-state index in [0.29, 0.717) is 18.7 Å². The Morgan fingerprint density at radius 3 is 2.62 bits per heavy atom. The van der Waals surface area contributed by atoms with Crippen LogP contribution in [-0.4, -0.2) is 30.2 Å². The number of aliphatic hydroxyl groups is 1. The minimum atomic E-state index is -0.629. The van der Waals surface area contributed by atoms with E-state index in [9.17, 15) is 15.2 Å². The van der Waals surface area contributed by atoms with E-state index in [4.69, 9.17) is 4.74 Å². The lowest BCUT2D eigenvalue weighted by atomic mass is 10.1. The van der Waals surface area contributed by atoms with Gasteiger partial charge >= 0.3 is 0 Å². The lowest BCUT2D eigenvalue weighted by Crippen LogP contribution is -2.21. The fraction of sp³-hybridized carbons (Fsp3) is 0.222. The van der Waals surface area contributed by atoms with Crippen molar-refractivity contribution in [2.45, 2.75) is 6.10 Å². The largest absolute Gasteiger partial charge is 0.497 e. The fourth-order valence-electron chi connectivity index (χ4n) is 2.23. The quantitative estimate of drug-likeness (QED) is 0.442. The molecule has 0 heterocycles. The fourth-order valence-corrected chi connectivity index (χ4v) is 2.23. The summed E-state index contributed by atoms with van der Waals surface area (Å²) in [6.45, 7) is 0.882. The Labute approximate surface area is 140 Å². The van der Waals surface area contributed by atoms with E-state index in [2.05, 4.69) is 5.32 Å².